The molecule has 0 amide bonds. The summed E-state index contributed by atoms with van der Waals surface area (Å²) in [6, 6.07) is 0.766. The molecule has 1 rings (SSSR count). The molecule has 1 heteroatoms. The molecule has 0 aromatic rings. The van der Waals surface area contributed by atoms with Crippen molar-refractivity contribution >= 4 is 0 Å². The van der Waals surface area contributed by atoms with Gasteiger partial charge >= 0.3 is 0 Å². The molecule has 0 saturated heterocycles. The Morgan fingerprint density at radius 1 is 1.36 bits per heavy atom. The smallest absolute Gasteiger partial charge is 0.00976 e. The number of nitrogens with zero attached hydrogens (tertiary/aromatic N) is 1. The van der Waals surface area contributed by atoms with Gasteiger partial charge in [-0.25, -0.2) is 0 Å². The summed E-state index contributed by atoms with van der Waals surface area (Å²) in [7, 11) is 2.28. The zero-order valence-electron chi connectivity index (χ0n) is 10.8. The van der Waals surface area contributed by atoms with Crippen LogP contribution in [0.5, 0.6) is 0 Å². The van der Waals surface area contributed by atoms with Crippen molar-refractivity contribution in [2.75, 3.05) is 13.6 Å². The minimum absolute atomic E-state index is 0.657. The monoisotopic (exact) mass is 197 g/mol. The van der Waals surface area contributed by atoms with E-state index in [0.29, 0.717) is 5.41 Å². The highest BCUT2D eigenvalue weighted by Crippen LogP contribution is 2.57. The van der Waals surface area contributed by atoms with E-state index in [2.05, 4.69) is 46.6 Å². The van der Waals surface area contributed by atoms with Gasteiger partial charge in [-0.1, -0.05) is 34.1 Å². The fourth-order valence-corrected chi connectivity index (χ4v) is 2.65. The first-order valence-corrected chi connectivity index (χ1v) is 6.11. The second kappa shape index (κ2) is 4.22. The highest BCUT2D eigenvalue weighted by atomic mass is 15.1. The molecule has 0 aromatic carbocycles. The summed E-state index contributed by atoms with van der Waals surface area (Å²) < 4.78 is 0. The third kappa shape index (κ3) is 2.50. The number of hydrogen-bond donors (Lipinski definition) is 0. The standard InChI is InChI=1S/C13H27N/c1-7-13(5)8-12(13)11(4)14(6)9-10(2)3/h10-12H,7-9H2,1-6H3. The summed E-state index contributed by atoms with van der Waals surface area (Å²) in [4.78, 5) is 2.54. The minimum atomic E-state index is 0.657. The molecule has 3 unspecified atom stereocenters. The Balaban J connectivity index is 2.39. The largest absolute Gasteiger partial charge is 0.303 e. The molecule has 3 atom stereocenters. The van der Waals surface area contributed by atoms with Crippen LogP contribution in [0.2, 0.25) is 0 Å². The Morgan fingerprint density at radius 2 is 1.93 bits per heavy atom. The molecule has 1 aliphatic rings. The van der Waals surface area contributed by atoms with Crippen LogP contribution in [0.4, 0.5) is 0 Å². The van der Waals surface area contributed by atoms with Gasteiger partial charge in [0.2, 0.25) is 0 Å². The van der Waals surface area contributed by atoms with E-state index in [1.165, 1.54) is 19.4 Å². The highest BCUT2D eigenvalue weighted by Gasteiger charge is 2.51. The number of rotatable bonds is 5. The zero-order valence-corrected chi connectivity index (χ0v) is 10.8. The summed E-state index contributed by atoms with van der Waals surface area (Å²) in [6.07, 6.45) is 2.78. The lowest BCUT2D eigenvalue weighted by Gasteiger charge is -2.28. The second-order valence-corrected chi connectivity index (χ2v) is 5.89. The molecule has 14 heavy (non-hydrogen) atoms. The quantitative estimate of drug-likeness (QED) is 0.653. The van der Waals surface area contributed by atoms with Gasteiger partial charge in [0.05, 0.1) is 0 Å². The topological polar surface area (TPSA) is 3.24 Å². The van der Waals surface area contributed by atoms with Gasteiger partial charge in [-0.2, -0.15) is 0 Å². The predicted octanol–water partition coefficient (Wildman–Crippen LogP) is 3.40. The predicted molar refractivity (Wildman–Crippen MR) is 63.4 cm³/mol. The first kappa shape index (κ1) is 12.0. The third-order valence-corrected chi connectivity index (χ3v) is 4.16. The van der Waals surface area contributed by atoms with Crippen molar-refractivity contribution in [3.05, 3.63) is 0 Å². The molecule has 84 valence electrons. The van der Waals surface area contributed by atoms with E-state index in [9.17, 15) is 0 Å². The average Bonchev–Trinajstić information content (AvgIpc) is 2.76. The first-order valence-electron chi connectivity index (χ1n) is 6.11. The summed E-state index contributed by atoms with van der Waals surface area (Å²) in [6.45, 7) is 13.0. The molecule has 1 nitrogen and oxygen atoms in total. The fraction of sp³-hybridized carbons (Fsp3) is 1.00. The third-order valence-electron chi connectivity index (χ3n) is 4.16. The lowest BCUT2D eigenvalue weighted by molar-refractivity contribution is 0.193. The zero-order chi connectivity index (χ0) is 10.9. The Morgan fingerprint density at radius 3 is 2.29 bits per heavy atom. The maximum atomic E-state index is 2.54. The molecule has 0 N–H and O–H groups in total. The highest BCUT2D eigenvalue weighted by molar-refractivity contribution is 5.02. The van der Waals surface area contributed by atoms with E-state index >= 15 is 0 Å². The van der Waals surface area contributed by atoms with Gasteiger partial charge in [0.1, 0.15) is 0 Å². The Labute approximate surface area is 89.9 Å². The summed E-state index contributed by atoms with van der Waals surface area (Å²) in [5.74, 6) is 1.73. The van der Waals surface area contributed by atoms with Crippen LogP contribution >= 0.6 is 0 Å². The molecule has 0 aliphatic heterocycles. The maximum absolute atomic E-state index is 2.54. The van der Waals surface area contributed by atoms with E-state index in [-0.39, 0.29) is 0 Å². The molecular formula is C13H27N. The fourth-order valence-electron chi connectivity index (χ4n) is 2.65. The van der Waals surface area contributed by atoms with Crippen LogP contribution in [-0.4, -0.2) is 24.5 Å². The summed E-state index contributed by atoms with van der Waals surface area (Å²) >= 11 is 0. The minimum Gasteiger partial charge on any atom is -0.303 e. The molecule has 0 heterocycles. The van der Waals surface area contributed by atoms with Crippen molar-refractivity contribution in [2.24, 2.45) is 17.3 Å². The van der Waals surface area contributed by atoms with Crippen LogP contribution in [0.25, 0.3) is 0 Å². The van der Waals surface area contributed by atoms with Crippen LogP contribution < -0.4 is 0 Å². The SMILES string of the molecule is CCC1(C)CC1C(C)N(C)CC(C)C. The van der Waals surface area contributed by atoms with Crippen LogP contribution in [0.1, 0.15) is 47.5 Å². The summed E-state index contributed by atoms with van der Waals surface area (Å²) in [5.41, 5.74) is 0.657. The van der Waals surface area contributed by atoms with Gasteiger partial charge < -0.3 is 4.90 Å². The average molecular weight is 197 g/mol. The van der Waals surface area contributed by atoms with E-state index in [0.717, 1.165) is 17.9 Å². The van der Waals surface area contributed by atoms with Crippen LogP contribution in [0.3, 0.4) is 0 Å². The van der Waals surface area contributed by atoms with Crippen molar-refractivity contribution < 1.29 is 0 Å². The van der Waals surface area contributed by atoms with Gasteiger partial charge in [0, 0.05) is 12.6 Å². The molecule has 1 saturated carbocycles. The normalized spacial score (nSPS) is 33.9. The van der Waals surface area contributed by atoms with E-state index in [4.69, 9.17) is 0 Å². The van der Waals surface area contributed by atoms with E-state index < -0.39 is 0 Å². The molecular weight excluding hydrogens is 170 g/mol. The van der Waals surface area contributed by atoms with Gasteiger partial charge in [0.25, 0.3) is 0 Å². The van der Waals surface area contributed by atoms with Gasteiger partial charge in [-0.3, -0.25) is 0 Å². The maximum Gasteiger partial charge on any atom is 0.00976 e. The van der Waals surface area contributed by atoms with Crippen molar-refractivity contribution in [3.63, 3.8) is 0 Å². The van der Waals surface area contributed by atoms with Crippen molar-refractivity contribution in [1.82, 2.24) is 4.90 Å². The van der Waals surface area contributed by atoms with Crippen molar-refractivity contribution in [1.29, 1.82) is 0 Å². The first-order chi connectivity index (χ1) is 6.40. The number of hydrogen-bond acceptors (Lipinski definition) is 1. The van der Waals surface area contributed by atoms with Gasteiger partial charge in [-0.05, 0) is 37.6 Å². The second-order valence-electron chi connectivity index (χ2n) is 5.89. The molecule has 1 aliphatic carbocycles. The van der Waals surface area contributed by atoms with E-state index in [1.54, 1.807) is 0 Å². The van der Waals surface area contributed by atoms with Gasteiger partial charge in [0.15, 0.2) is 0 Å². The lowest BCUT2D eigenvalue weighted by atomic mass is 9.99. The Kier molecular flexibility index (Phi) is 3.63. The summed E-state index contributed by atoms with van der Waals surface area (Å²) in [5, 5.41) is 0. The Hall–Kier alpha value is -0.0400. The van der Waals surface area contributed by atoms with Crippen LogP contribution in [0.15, 0.2) is 0 Å². The van der Waals surface area contributed by atoms with Gasteiger partial charge in [-0.15, -0.1) is 0 Å². The van der Waals surface area contributed by atoms with Crippen LogP contribution in [-0.2, 0) is 0 Å². The Bertz CT molecular complexity index is 188. The van der Waals surface area contributed by atoms with E-state index in [1.807, 2.05) is 0 Å². The molecule has 0 radical (unpaired) electrons. The molecule has 0 aromatic heterocycles. The molecule has 0 bridgehead atoms. The van der Waals surface area contributed by atoms with Crippen molar-refractivity contribution in [2.45, 2.75) is 53.5 Å². The lowest BCUT2D eigenvalue weighted by Crippen LogP contribution is -2.35. The molecule has 0 spiro atoms. The van der Waals surface area contributed by atoms with Crippen molar-refractivity contribution in [3.8, 4) is 0 Å². The molecule has 1 fully saturated rings. The van der Waals surface area contributed by atoms with Crippen LogP contribution in [0, 0.1) is 17.3 Å².